The SMILES string of the molecule is CCOC(=O)c1cccc(CCCC#C[Si](C)(C)C)c1. The van der Waals surface area contributed by atoms with Crippen molar-refractivity contribution in [2.45, 2.75) is 45.8 Å². The van der Waals surface area contributed by atoms with Crippen LogP contribution in [0, 0.1) is 11.5 Å². The maximum Gasteiger partial charge on any atom is 0.338 e. The number of unbranched alkanes of at least 4 members (excludes halogenated alkanes) is 1. The van der Waals surface area contributed by atoms with Gasteiger partial charge in [-0.25, -0.2) is 4.79 Å². The molecule has 1 rings (SSSR count). The number of esters is 1. The summed E-state index contributed by atoms with van der Waals surface area (Å²) in [5.41, 5.74) is 5.18. The Labute approximate surface area is 123 Å². The molecule has 3 heteroatoms. The van der Waals surface area contributed by atoms with Crippen molar-refractivity contribution >= 4 is 14.0 Å². The Morgan fingerprint density at radius 1 is 1.30 bits per heavy atom. The van der Waals surface area contributed by atoms with E-state index in [1.807, 2.05) is 19.1 Å². The number of benzene rings is 1. The Bertz CT molecular complexity index is 504. The van der Waals surface area contributed by atoms with E-state index in [9.17, 15) is 4.79 Å². The molecule has 0 atom stereocenters. The van der Waals surface area contributed by atoms with Crippen LogP contribution in [0.1, 0.15) is 35.7 Å². The Kier molecular flexibility index (Phi) is 6.54. The number of ether oxygens (including phenoxy) is 1. The van der Waals surface area contributed by atoms with Crippen molar-refractivity contribution in [2.75, 3.05) is 6.61 Å². The quantitative estimate of drug-likeness (QED) is 0.353. The highest BCUT2D eigenvalue weighted by atomic mass is 28.3. The normalized spacial score (nSPS) is 10.6. The van der Waals surface area contributed by atoms with Crippen molar-refractivity contribution in [1.29, 1.82) is 0 Å². The average molecular weight is 288 g/mol. The molecule has 0 radical (unpaired) electrons. The summed E-state index contributed by atoms with van der Waals surface area (Å²) in [4.78, 5) is 11.6. The molecule has 108 valence electrons. The highest BCUT2D eigenvalue weighted by Gasteiger charge is 2.07. The van der Waals surface area contributed by atoms with Gasteiger partial charge in [-0.1, -0.05) is 31.8 Å². The Morgan fingerprint density at radius 3 is 2.70 bits per heavy atom. The lowest BCUT2D eigenvalue weighted by atomic mass is 10.1. The first-order valence-electron chi connectivity index (χ1n) is 7.18. The van der Waals surface area contributed by atoms with Gasteiger partial charge < -0.3 is 4.74 Å². The van der Waals surface area contributed by atoms with Gasteiger partial charge in [0, 0.05) is 6.42 Å². The van der Waals surface area contributed by atoms with E-state index in [1.165, 1.54) is 5.56 Å². The molecular formula is C17H24O2Si. The van der Waals surface area contributed by atoms with E-state index in [0.717, 1.165) is 19.3 Å². The molecule has 0 aliphatic carbocycles. The van der Waals surface area contributed by atoms with Gasteiger partial charge in [-0.3, -0.25) is 0 Å². The second-order valence-electron chi connectivity index (χ2n) is 5.83. The molecule has 0 heterocycles. The third-order valence-electron chi connectivity index (χ3n) is 2.67. The highest BCUT2D eigenvalue weighted by molar-refractivity contribution is 6.83. The maximum atomic E-state index is 11.6. The molecule has 0 fully saturated rings. The summed E-state index contributed by atoms with van der Waals surface area (Å²) < 4.78 is 5.01. The lowest BCUT2D eigenvalue weighted by Crippen LogP contribution is -2.16. The molecule has 1 aromatic carbocycles. The zero-order valence-corrected chi connectivity index (χ0v) is 14.0. The summed E-state index contributed by atoms with van der Waals surface area (Å²) in [6, 6.07) is 7.68. The molecule has 0 aliphatic rings. The maximum absolute atomic E-state index is 11.6. The van der Waals surface area contributed by atoms with Gasteiger partial charge in [0.15, 0.2) is 0 Å². The Morgan fingerprint density at radius 2 is 2.05 bits per heavy atom. The van der Waals surface area contributed by atoms with Crippen LogP contribution < -0.4 is 0 Å². The van der Waals surface area contributed by atoms with Crippen LogP contribution >= 0.6 is 0 Å². The number of carbonyl (C=O) groups is 1. The van der Waals surface area contributed by atoms with Gasteiger partial charge >= 0.3 is 5.97 Å². The van der Waals surface area contributed by atoms with Crippen molar-refractivity contribution in [3.8, 4) is 11.5 Å². The molecule has 0 N–H and O–H groups in total. The summed E-state index contributed by atoms with van der Waals surface area (Å²) >= 11 is 0. The van der Waals surface area contributed by atoms with Crippen LogP contribution in [0.4, 0.5) is 0 Å². The minimum atomic E-state index is -1.24. The fraction of sp³-hybridized carbons (Fsp3) is 0.471. The second kappa shape index (κ2) is 7.91. The monoisotopic (exact) mass is 288 g/mol. The van der Waals surface area contributed by atoms with E-state index in [0.29, 0.717) is 12.2 Å². The van der Waals surface area contributed by atoms with Crippen LogP contribution in [0.5, 0.6) is 0 Å². The molecule has 0 aliphatic heterocycles. The number of rotatable bonds is 5. The highest BCUT2D eigenvalue weighted by Crippen LogP contribution is 2.10. The molecule has 0 aromatic heterocycles. The smallest absolute Gasteiger partial charge is 0.338 e. The van der Waals surface area contributed by atoms with E-state index < -0.39 is 8.07 Å². The zero-order valence-electron chi connectivity index (χ0n) is 13.0. The van der Waals surface area contributed by atoms with Crippen LogP contribution in [-0.2, 0) is 11.2 Å². The van der Waals surface area contributed by atoms with Gasteiger partial charge in [0.1, 0.15) is 8.07 Å². The number of hydrogen-bond donors (Lipinski definition) is 0. The van der Waals surface area contributed by atoms with Gasteiger partial charge in [-0.2, -0.15) is 0 Å². The van der Waals surface area contributed by atoms with Crippen LogP contribution in [0.25, 0.3) is 0 Å². The standard InChI is InChI=1S/C17H24O2Si/c1-5-19-17(18)16-12-9-11-15(14-16)10-7-6-8-13-20(2,3)4/h9,11-12,14H,5-7,10H2,1-4H3. The predicted molar refractivity (Wildman–Crippen MR) is 86.5 cm³/mol. The predicted octanol–water partition coefficient (Wildman–Crippen LogP) is 4.07. The Balaban J connectivity index is 2.50. The third kappa shape index (κ3) is 6.58. The molecule has 1 aromatic rings. The molecule has 20 heavy (non-hydrogen) atoms. The first-order valence-corrected chi connectivity index (χ1v) is 10.7. The molecule has 0 bridgehead atoms. The lowest BCUT2D eigenvalue weighted by molar-refractivity contribution is 0.0526. The van der Waals surface area contributed by atoms with E-state index >= 15 is 0 Å². The second-order valence-corrected chi connectivity index (χ2v) is 10.6. The lowest BCUT2D eigenvalue weighted by Gasteiger charge is -2.05. The van der Waals surface area contributed by atoms with Gasteiger partial charge in [-0.05, 0) is 37.5 Å². The van der Waals surface area contributed by atoms with Crippen molar-refractivity contribution in [3.63, 3.8) is 0 Å². The first kappa shape index (κ1) is 16.5. The molecule has 2 nitrogen and oxygen atoms in total. The van der Waals surface area contributed by atoms with E-state index in [1.54, 1.807) is 6.07 Å². The fourth-order valence-electron chi connectivity index (χ4n) is 1.78. The largest absolute Gasteiger partial charge is 0.462 e. The molecule has 0 amide bonds. The molecular weight excluding hydrogens is 264 g/mol. The number of carbonyl (C=O) groups excluding carboxylic acids is 1. The van der Waals surface area contributed by atoms with Crippen molar-refractivity contribution < 1.29 is 9.53 Å². The van der Waals surface area contributed by atoms with Crippen LogP contribution in [0.2, 0.25) is 19.6 Å². The minimum absolute atomic E-state index is 0.243. The summed E-state index contributed by atoms with van der Waals surface area (Å²) in [6.07, 6.45) is 2.91. The average Bonchev–Trinajstić information content (AvgIpc) is 2.37. The topological polar surface area (TPSA) is 26.3 Å². The number of hydrogen-bond acceptors (Lipinski definition) is 2. The Hall–Kier alpha value is -1.53. The number of aryl methyl sites for hydroxylation is 1. The fourth-order valence-corrected chi connectivity index (χ4v) is 2.43. The summed E-state index contributed by atoms with van der Waals surface area (Å²) in [5, 5.41) is 0. The van der Waals surface area contributed by atoms with Crippen molar-refractivity contribution in [1.82, 2.24) is 0 Å². The van der Waals surface area contributed by atoms with Gasteiger partial charge in [0.2, 0.25) is 0 Å². The summed E-state index contributed by atoms with van der Waals surface area (Å²) in [5.74, 6) is 3.03. The van der Waals surface area contributed by atoms with Gasteiger partial charge in [-0.15, -0.1) is 11.5 Å². The van der Waals surface area contributed by atoms with Crippen molar-refractivity contribution in [2.24, 2.45) is 0 Å². The summed E-state index contributed by atoms with van der Waals surface area (Å²) in [7, 11) is -1.24. The van der Waals surface area contributed by atoms with E-state index in [-0.39, 0.29) is 5.97 Å². The zero-order chi connectivity index (χ0) is 15.0. The first-order chi connectivity index (χ1) is 9.42. The third-order valence-corrected chi connectivity index (χ3v) is 3.60. The van der Waals surface area contributed by atoms with Gasteiger partial charge in [0.05, 0.1) is 12.2 Å². The van der Waals surface area contributed by atoms with Crippen LogP contribution in [0.15, 0.2) is 24.3 Å². The van der Waals surface area contributed by atoms with E-state index in [4.69, 9.17) is 4.74 Å². The molecule has 0 saturated heterocycles. The molecule has 0 saturated carbocycles. The van der Waals surface area contributed by atoms with Crippen LogP contribution in [-0.4, -0.2) is 20.7 Å². The minimum Gasteiger partial charge on any atom is -0.462 e. The molecule has 0 unspecified atom stereocenters. The molecule has 0 spiro atoms. The van der Waals surface area contributed by atoms with Gasteiger partial charge in [0.25, 0.3) is 0 Å². The van der Waals surface area contributed by atoms with Crippen molar-refractivity contribution in [3.05, 3.63) is 35.4 Å². The van der Waals surface area contributed by atoms with E-state index in [2.05, 4.69) is 37.2 Å². The summed E-state index contributed by atoms with van der Waals surface area (Å²) in [6.45, 7) is 8.99. The van der Waals surface area contributed by atoms with Crippen LogP contribution in [0.3, 0.4) is 0 Å².